The monoisotopic (exact) mass is 325 g/mol. The largest absolute Gasteiger partial charge is 0.482 e. The van der Waals surface area contributed by atoms with Crippen LogP contribution in [-0.4, -0.2) is 35.6 Å². The van der Waals surface area contributed by atoms with Crippen LogP contribution in [0, 0.1) is 0 Å². The molecule has 122 valence electrons. The Labute approximate surface area is 137 Å². The quantitative estimate of drug-likeness (QED) is 0.702. The smallest absolute Gasteiger partial charge is 0.343 e. The highest BCUT2D eigenvalue weighted by atomic mass is 16.6. The molecule has 7 heteroatoms. The van der Waals surface area contributed by atoms with Gasteiger partial charge in [0.15, 0.2) is 6.61 Å². The Morgan fingerprint density at radius 3 is 2.79 bits per heavy atom. The number of imidazole rings is 1. The van der Waals surface area contributed by atoms with E-state index in [1.165, 1.54) is 7.11 Å². The van der Waals surface area contributed by atoms with Crippen LogP contribution in [0.2, 0.25) is 0 Å². The third-order valence-corrected chi connectivity index (χ3v) is 3.30. The van der Waals surface area contributed by atoms with E-state index in [2.05, 4.69) is 20.0 Å². The number of hydrogen-bond acceptors (Lipinski definition) is 5. The molecule has 1 heterocycles. The normalized spacial score (nSPS) is 10.4. The average Bonchev–Trinajstić information content (AvgIpc) is 3.02. The summed E-state index contributed by atoms with van der Waals surface area (Å²) < 4.78 is 9.77. The first-order chi connectivity index (χ1) is 11.7. The number of fused-ring (bicyclic) bond motifs is 1. The van der Waals surface area contributed by atoms with Crippen molar-refractivity contribution in [2.24, 2.45) is 0 Å². The molecule has 0 atom stereocenters. The first-order valence-electron chi connectivity index (χ1n) is 7.21. The molecule has 0 saturated carbocycles. The van der Waals surface area contributed by atoms with Crippen LogP contribution in [0.15, 0.2) is 48.5 Å². The van der Waals surface area contributed by atoms with Gasteiger partial charge in [0.1, 0.15) is 5.75 Å². The zero-order valence-electron chi connectivity index (χ0n) is 12.9. The van der Waals surface area contributed by atoms with Crippen LogP contribution in [0.25, 0.3) is 11.0 Å². The second-order valence-electron chi connectivity index (χ2n) is 4.95. The third kappa shape index (κ3) is 3.52. The van der Waals surface area contributed by atoms with E-state index in [9.17, 15) is 9.59 Å². The van der Waals surface area contributed by atoms with Gasteiger partial charge in [-0.3, -0.25) is 10.1 Å². The lowest BCUT2D eigenvalue weighted by Gasteiger charge is -2.07. The van der Waals surface area contributed by atoms with Crippen molar-refractivity contribution in [3.05, 3.63) is 54.1 Å². The number of anilines is 1. The number of hydrogen-bond donors (Lipinski definition) is 2. The van der Waals surface area contributed by atoms with Crippen molar-refractivity contribution in [2.75, 3.05) is 19.0 Å². The van der Waals surface area contributed by atoms with E-state index >= 15 is 0 Å². The van der Waals surface area contributed by atoms with Gasteiger partial charge in [0.05, 0.1) is 18.1 Å². The van der Waals surface area contributed by atoms with Crippen molar-refractivity contribution in [1.82, 2.24) is 9.97 Å². The van der Waals surface area contributed by atoms with Gasteiger partial charge in [-0.2, -0.15) is 0 Å². The number of para-hydroxylation sites is 2. The van der Waals surface area contributed by atoms with Gasteiger partial charge in [0.2, 0.25) is 5.95 Å². The van der Waals surface area contributed by atoms with Gasteiger partial charge < -0.3 is 14.5 Å². The number of rotatable bonds is 5. The molecule has 0 saturated heterocycles. The van der Waals surface area contributed by atoms with Gasteiger partial charge in [0.25, 0.3) is 5.91 Å². The van der Waals surface area contributed by atoms with Gasteiger partial charge in [-0.05, 0) is 30.3 Å². The molecule has 0 fully saturated rings. The number of carbonyl (C=O) groups excluding carboxylic acids is 2. The maximum Gasteiger partial charge on any atom is 0.343 e. The van der Waals surface area contributed by atoms with E-state index in [1.807, 2.05) is 24.3 Å². The Kier molecular flexibility index (Phi) is 4.42. The summed E-state index contributed by atoms with van der Waals surface area (Å²) in [4.78, 5) is 30.7. The number of aromatic nitrogens is 2. The highest BCUT2D eigenvalue weighted by Crippen LogP contribution is 2.16. The van der Waals surface area contributed by atoms with Crippen molar-refractivity contribution < 1.29 is 19.1 Å². The lowest BCUT2D eigenvalue weighted by atomic mass is 10.2. The summed E-state index contributed by atoms with van der Waals surface area (Å²) in [6, 6.07) is 14.0. The molecule has 0 radical (unpaired) electrons. The number of amides is 1. The topological polar surface area (TPSA) is 93.3 Å². The maximum atomic E-state index is 12.3. The molecule has 0 spiro atoms. The molecule has 0 aliphatic heterocycles. The molecule has 2 aromatic carbocycles. The fourth-order valence-corrected chi connectivity index (χ4v) is 2.12. The first-order valence-corrected chi connectivity index (χ1v) is 7.21. The Hall–Kier alpha value is -3.35. The summed E-state index contributed by atoms with van der Waals surface area (Å²) >= 11 is 0. The Bertz CT molecular complexity index is 855. The second kappa shape index (κ2) is 6.82. The fourth-order valence-electron chi connectivity index (χ4n) is 2.12. The molecule has 7 nitrogen and oxygen atoms in total. The highest BCUT2D eigenvalue weighted by Gasteiger charge is 2.11. The van der Waals surface area contributed by atoms with E-state index in [0.29, 0.717) is 17.3 Å². The van der Waals surface area contributed by atoms with Crippen LogP contribution < -0.4 is 10.1 Å². The standard InChI is InChI=1S/C17H15N3O4/c1-23-15(21)10-24-12-6-4-5-11(9-12)16(22)20-17-18-13-7-2-3-8-14(13)19-17/h2-9H,10H2,1H3,(H2,18,19,20,22). The zero-order chi connectivity index (χ0) is 16.9. The SMILES string of the molecule is COC(=O)COc1cccc(C(=O)Nc2nc3ccccc3[nH]2)c1. The van der Waals surface area contributed by atoms with Crippen molar-refractivity contribution in [1.29, 1.82) is 0 Å². The summed E-state index contributed by atoms with van der Waals surface area (Å²) in [5, 5.41) is 2.70. The highest BCUT2D eigenvalue weighted by molar-refractivity contribution is 6.04. The Morgan fingerprint density at radius 2 is 2.00 bits per heavy atom. The minimum Gasteiger partial charge on any atom is -0.482 e. The van der Waals surface area contributed by atoms with Crippen LogP contribution in [0.4, 0.5) is 5.95 Å². The van der Waals surface area contributed by atoms with Gasteiger partial charge in [-0.15, -0.1) is 0 Å². The molecule has 3 aromatic rings. The molecule has 1 amide bonds. The van der Waals surface area contributed by atoms with E-state index in [1.54, 1.807) is 24.3 Å². The van der Waals surface area contributed by atoms with Gasteiger partial charge in [0, 0.05) is 5.56 Å². The summed E-state index contributed by atoms with van der Waals surface area (Å²) in [5.74, 6) is -0.0653. The summed E-state index contributed by atoms with van der Waals surface area (Å²) in [6.07, 6.45) is 0. The lowest BCUT2D eigenvalue weighted by molar-refractivity contribution is -0.142. The predicted molar refractivity (Wildman–Crippen MR) is 88.0 cm³/mol. The molecule has 24 heavy (non-hydrogen) atoms. The number of H-pyrrole nitrogens is 1. The van der Waals surface area contributed by atoms with Crippen molar-refractivity contribution in [3.8, 4) is 5.75 Å². The van der Waals surface area contributed by atoms with Crippen molar-refractivity contribution in [2.45, 2.75) is 0 Å². The summed E-state index contributed by atoms with van der Waals surface area (Å²) in [6.45, 7) is -0.217. The van der Waals surface area contributed by atoms with Crippen LogP contribution in [0.1, 0.15) is 10.4 Å². The third-order valence-electron chi connectivity index (χ3n) is 3.30. The minimum absolute atomic E-state index is 0.217. The van der Waals surface area contributed by atoms with Gasteiger partial charge >= 0.3 is 5.97 Å². The second-order valence-corrected chi connectivity index (χ2v) is 4.95. The van der Waals surface area contributed by atoms with Crippen LogP contribution in [0.3, 0.4) is 0 Å². The molecule has 0 aliphatic carbocycles. The van der Waals surface area contributed by atoms with Crippen LogP contribution >= 0.6 is 0 Å². The Balaban J connectivity index is 1.71. The number of methoxy groups -OCH3 is 1. The minimum atomic E-state index is -0.493. The van der Waals surface area contributed by atoms with Crippen molar-refractivity contribution in [3.63, 3.8) is 0 Å². The Morgan fingerprint density at radius 1 is 1.17 bits per heavy atom. The molecule has 0 aliphatic rings. The number of nitrogens with zero attached hydrogens (tertiary/aromatic N) is 1. The van der Waals surface area contributed by atoms with Gasteiger partial charge in [-0.1, -0.05) is 18.2 Å². The molecule has 3 rings (SSSR count). The first kappa shape index (κ1) is 15.5. The van der Waals surface area contributed by atoms with E-state index in [-0.39, 0.29) is 12.5 Å². The molecule has 0 unspecified atom stereocenters. The zero-order valence-corrected chi connectivity index (χ0v) is 12.9. The molecule has 2 N–H and O–H groups in total. The lowest BCUT2D eigenvalue weighted by Crippen LogP contribution is -2.14. The predicted octanol–water partition coefficient (Wildman–Crippen LogP) is 2.37. The molecule has 1 aromatic heterocycles. The van der Waals surface area contributed by atoms with Crippen molar-refractivity contribution >= 4 is 28.9 Å². The molecular formula is C17H15N3O4. The summed E-state index contributed by atoms with van der Waals surface area (Å²) in [7, 11) is 1.28. The number of nitrogens with one attached hydrogen (secondary N) is 2. The van der Waals surface area contributed by atoms with E-state index in [0.717, 1.165) is 11.0 Å². The van der Waals surface area contributed by atoms with E-state index < -0.39 is 5.97 Å². The molecule has 0 bridgehead atoms. The molecular weight excluding hydrogens is 310 g/mol. The maximum absolute atomic E-state index is 12.3. The van der Waals surface area contributed by atoms with E-state index in [4.69, 9.17) is 4.74 Å². The summed E-state index contributed by atoms with van der Waals surface area (Å²) in [5.41, 5.74) is 1.99. The van der Waals surface area contributed by atoms with Gasteiger partial charge in [-0.25, -0.2) is 9.78 Å². The number of esters is 1. The van der Waals surface area contributed by atoms with Crippen LogP contribution in [-0.2, 0) is 9.53 Å². The fraction of sp³-hybridized carbons (Fsp3) is 0.118. The average molecular weight is 325 g/mol. The number of ether oxygens (including phenoxy) is 2. The van der Waals surface area contributed by atoms with Crippen LogP contribution in [0.5, 0.6) is 5.75 Å². The number of benzene rings is 2. The number of carbonyl (C=O) groups is 2. The number of aromatic amines is 1.